The molecule has 0 unspecified atom stereocenters. The Balaban J connectivity index is 3.05. The van der Waals surface area contributed by atoms with Crippen LogP contribution in [0, 0.1) is 30.6 Å². The number of aryl methyl sites for hydroxylation is 2. The highest BCUT2D eigenvalue weighted by Gasteiger charge is 2.06. The molecule has 0 saturated heterocycles. The molecular formula is C11H12ClN5. The molecule has 0 aliphatic rings. The van der Waals surface area contributed by atoms with E-state index in [0.29, 0.717) is 10.7 Å². The molecule has 0 bridgehead atoms. The number of rotatable bonds is 3. The number of nitriles is 1. The first kappa shape index (κ1) is 13.0. The molecular weight excluding hydrogens is 238 g/mol. The van der Waals surface area contributed by atoms with Crippen molar-refractivity contribution in [2.75, 3.05) is 5.43 Å². The van der Waals surface area contributed by atoms with E-state index in [-0.39, 0.29) is 11.5 Å². The monoisotopic (exact) mass is 249 g/mol. The van der Waals surface area contributed by atoms with Crippen molar-refractivity contribution >= 4 is 28.8 Å². The van der Waals surface area contributed by atoms with E-state index in [2.05, 4.69) is 10.5 Å². The van der Waals surface area contributed by atoms with Crippen LogP contribution in [0.3, 0.4) is 0 Å². The summed E-state index contributed by atoms with van der Waals surface area (Å²) >= 11 is 6.04. The minimum atomic E-state index is -0.388. The first-order valence-electron chi connectivity index (χ1n) is 4.80. The van der Waals surface area contributed by atoms with E-state index in [1.807, 2.05) is 19.9 Å². The fourth-order valence-corrected chi connectivity index (χ4v) is 1.68. The Bertz CT molecular complexity index is 504. The highest BCUT2D eigenvalue weighted by atomic mass is 35.5. The first-order chi connectivity index (χ1) is 7.95. The minimum Gasteiger partial charge on any atom is -0.382 e. The predicted molar refractivity (Wildman–Crippen MR) is 69.5 cm³/mol. The van der Waals surface area contributed by atoms with Crippen molar-refractivity contribution in [1.29, 1.82) is 10.7 Å². The van der Waals surface area contributed by atoms with Crippen molar-refractivity contribution in [3.05, 3.63) is 28.3 Å². The Morgan fingerprint density at radius 1 is 1.53 bits per heavy atom. The molecule has 1 aromatic carbocycles. The van der Waals surface area contributed by atoms with Gasteiger partial charge in [-0.25, -0.2) is 0 Å². The van der Waals surface area contributed by atoms with Gasteiger partial charge in [0.2, 0.25) is 5.71 Å². The smallest absolute Gasteiger partial charge is 0.201 e. The summed E-state index contributed by atoms with van der Waals surface area (Å²) in [6.07, 6.45) is 0. The average Bonchev–Trinajstić information content (AvgIpc) is 2.21. The van der Waals surface area contributed by atoms with Gasteiger partial charge in [-0.1, -0.05) is 17.7 Å². The SMILES string of the molecule is Cc1cc(C)c(N/N=C(\C#N)C(=N)N)c(Cl)c1. The molecule has 17 heavy (non-hydrogen) atoms. The molecule has 6 heteroatoms. The molecule has 4 N–H and O–H groups in total. The Kier molecular flexibility index (Phi) is 4.07. The first-order valence-corrected chi connectivity index (χ1v) is 5.18. The fourth-order valence-electron chi connectivity index (χ4n) is 1.31. The van der Waals surface area contributed by atoms with Crippen LogP contribution in [0.15, 0.2) is 17.2 Å². The van der Waals surface area contributed by atoms with E-state index in [1.165, 1.54) is 0 Å². The molecule has 0 atom stereocenters. The molecule has 1 rings (SSSR count). The number of benzene rings is 1. The molecule has 0 saturated carbocycles. The quantitative estimate of drug-likeness (QED) is 0.435. The van der Waals surface area contributed by atoms with Crippen molar-refractivity contribution < 1.29 is 0 Å². The molecule has 0 spiro atoms. The number of amidine groups is 1. The Morgan fingerprint density at radius 2 is 2.18 bits per heavy atom. The number of hydrogen-bond acceptors (Lipinski definition) is 4. The molecule has 1 aromatic rings. The van der Waals surface area contributed by atoms with E-state index >= 15 is 0 Å². The molecule has 0 radical (unpaired) electrons. The number of hydrazone groups is 1. The van der Waals surface area contributed by atoms with Crippen LogP contribution in [0.5, 0.6) is 0 Å². The van der Waals surface area contributed by atoms with Crippen LogP contribution in [-0.2, 0) is 0 Å². The van der Waals surface area contributed by atoms with Crippen molar-refractivity contribution in [2.45, 2.75) is 13.8 Å². The van der Waals surface area contributed by atoms with Gasteiger partial charge in [0.25, 0.3) is 0 Å². The maximum absolute atomic E-state index is 8.68. The van der Waals surface area contributed by atoms with Gasteiger partial charge < -0.3 is 5.73 Å². The summed E-state index contributed by atoms with van der Waals surface area (Å²) in [5.74, 6) is -0.388. The van der Waals surface area contributed by atoms with E-state index < -0.39 is 0 Å². The zero-order valence-electron chi connectivity index (χ0n) is 9.50. The lowest BCUT2D eigenvalue weighted by atomic mass is 10.1. The van der Waals surface area contributed by atoms with Crippen LogP contribution < -0.4 is 11.2 Å². The van der Waals surface area contributed by atoms with E-state index in [1.54, 1.807) is 12.1 Å². The summed E-state index contributed by atoms with van der Waals surface area (Å²) in [6.45, 7) is 3.80. The molecule has 0 aromatic heterocycles. The van der Waals surface area contributed by atoms with Gasteiger partial charge in [0.1, 0.15) is 6.07 Å². The van der Waals surface area contributed by atoms with Gasteiger partial charge in [-0.2, -0.15) is 10.4 Å². The van der Waals surface area contributed by atoms with Gasteiger partial charge in [0.15, 0.2) is 5.84 Å². The molecule has 0 amide bonds. The standard InChI is InChI=1S/C11H12ClN5/c1-6-3-7(2)10(8(12)4-6)17-16-9(5-13)11(14)15/h3-4,17H,1-2H3,(H3,14,15)/b16-9+. The van der Waals surface area contributed by atoms with E-state index in [0.717, 1.165) is 11.1 Å². The third kappa shape index (κ3) is 3.20. The van der Waals surface area contributed by atoms with Crippen LogP contribution in [0.4, 0.5) is 5.69 Å². The third-order valence-corrected chi connectivity index (χ3v) is 2.37. The zero-order valence-corrected chi connectivity index (χ0v) is 10.3. The largest absolute Gasteiger partial charge is 0.382 e. The maximum Gasteiger partial charge on any atom is 0.201 e. The number of nitrogens with zero attached hydrogens (tertiary/aromatic N) is 2. The molecule has 0 aliphatic heterocycles. The van der Waals surface area contributed by atoms with Crippen molar-refractivity contribution in [2.24, 2.45) is 10.8 Å². The summed E-state index contributed by atoms with van der Waals surface area (Å²) in [6, 6.07) is 5.43. The normalized spacial score (nSPS) is 10.8. The molecule has 0 aliphatic carbocycles. The second kappa shape index (κ2) is 5.32. The summed E-state index contributed by atoms with van der Waals surface area (Å²) in [7, 11) is 0. The van der Waals surface area contributed by atoms with Crippen LogP contribution in [0.1, 0.15) is 11.1 Å². The predicted octanol–water partition coefficient (Wildman–Crippen LogP) is 2.18. The minimum absolute atomic E-state index is 0.180. The van der Waals surface area contributed by atoms with Gasteiger partial charge in [0, 0.05) is 0 Å². The number of nitrogens with two attached hydrogens (primary N) is 1. The van der Waals surface area contributed by atoms with E-state index in [9.17, 15) is 0 Å². The second-order valence-corrected chi connectivity index (χ2v) is 3.94. The van der Waals surface area contributed by atoms with Crippen LogP contribution in [0.2, 0.25) is 5.02 Å². The van der Waals surface area contributed by atoms with E-state index in [4.69, 9.17) is 28.0 Å². The maximum atomic E-state index is 8.68. The van der Waals surface area contributed by atoms with Gasteiger partial charge in [-0.15, -0.1) is 0 Å². The number of nitrogens with one attached hydrogen (secondary N) is 2. The highest BCUT2D eigenvalue weighted by molar-refractivity contribution is 6.46. The Morgan fingerprint density at radius 3 is 2.65 bits per heavy atom. The Labute approximate surface area is 104 Å². The van der Waals surface area contributed by atoms with Crippen molar-refractivity contribution in [3.8, 4) is 6.07 Å². The number of halogens is 1. The van der Waals surface area contributed by atoms with Crippen LogP contribution in [-0.4, -0.2) is 11.5 Å². The summed E-state index contributed by atoms with van der Waals surface area (Å²) in [4.78, 5) is 0. The molecule has 0 heterocycles. The number of hydrogen-bond donors (Lipinski definition) is 3. The second-order valence-electron chi connectivity index (χ2n) is 3.54. The average molecular weight is 250 g/mol. The third-order valence-electron chi connectivity index (χ3n) is 2.07. The van der Waals surface area contributed by atoms with Gasteiger partial charge in [-0.3, -0.25) is 10.8 Å². The van der Waals surface area contributed by atoms with Crippen LogP contribution >= 0.6 is 11.6 Å². The lowest BCUT2D eigenvalue weighted by molar-refractivity contribution is 1.28. The summed E-state index contributed by atoms with van der Waals surface area (Å²) in [5.41, 5.74) is 10.2. The molecule has 88 valence electrons. The topological polar surface area (TPSA) is 98.0 Å². The molecule has 5 nitrogen and oxygen atoms in total. The number of anilines is 1. The van der Waals surface area contributed by atoms with Gasteiger partial charge in [-0.05, 0) is 31.0 Å². The van der Waals surface area contributed by atoms with Gasteiger partial charge in [0.05, 0.1) is 10.7 Å². The lowest BCUT2D eigenvalue weighted by Gasteiger charge is -2.08. The molecule has 0 fully saturated rings. The van der Waals surface area contributed by atoms with Crippen molar-refractivity contribution in [1.82, 2.24) is 0 Å². The fraction of sp³-hybridized carbons (Fsp3) is 0.182. The van der Waals surface area contributed by atoms with Crippen molar-refractivity contribution in [3.63, 3.8) is 0 Å². The summed E-state index contributed by atoms with van der Waals surface area (Å²) < 4.78 is 0. The zero-order chi connectivity index (χ0) is 13.0. The summed E-state index contributed by atoms with van der Waals surface area (Å²) in [5, 5.41) is 20.0. The Hall–Kier alpha value is -2.06. The lowest BCUT2D eigenvalue weighted by Crippen LogP contribution is -2.22. The van der Waals surface area contributed by atoms with Gasteiger partial charge >= 0.3 is 0 Å². The van der Waals surface area contributed by atoms with Crippen LogP contribution in [0.25, 0.3) is 0 Å². The highest BCUT2D eigenvalue weighted by Crippen LogP contribution is 2.27.